The maximum atomic E-state index is 5.23. The van der Waals surface area contributed by atoms with Gasteiger partial charge in [0.15, 0.2) is 11.6 Å². The van der Waals surface area contributed by atoms with E-state index in [2.05, 4.69) is 48.8 Å². The van der Waals surface area contributed by atoms with Crippen molar-refractivity contribution in [2.24, 2.45) is 0 Å². The number of anilines is 1. The SMILES string of the molecule is COCc1nnc2n1[C@@H](C)CN(c1c(C)c(C)nn3cnnc13)C2. The average Bonchev–Trinajstić information content (AvgIpc) is 3.16. The number of rotatable bonds is 3. The van der Waals surface area contributed by atoms with Gasteiger partial charge in [0.05, 0.1) is 24.0 Å². The van der Waals surface area contributed by atoms with E-state index in [1.54, 1.807) is 18.0 Å². The molecule has 126 valence electrons. The molecule has 0 aliphatic carbocycles. The summed E-state index contributed by atoms with van der Waals surface area (Å²) in [5.41, 5.74) is 3.93. The number of fused-ring (bicyclic) bond motifs is 2. The molecular weight excluding hydrogens is 308 g/mol. The number of aromatic nitrogens is 7. The first-order valence-electron chi connectivity index (χ1n) is 7.94. The van der Waals surface area contributed by atoms with E-state index in [1.807, 2.05) is 6.92 Å². The molecule has 4 rings (SSSR count). The average molecular weight is 328 g/mol. The number of methoxy groups -OCH3 is 1. The topological polar surface area (TPSA) is 86.3 Å². The number of aryl methyl sites for hydroxylation is 1. The van der Waals surface area contributed by atoms with E-state index < -0.39 is 0 Å². The third kappa shape index (κ3) is 2.15. The van der Waals surface area contributed by atoms with E-state index in [9.17, 15) is 0 Å². The van der Waals surface area contributed by atoms with Crippen LogP contribution in [0, 0.1) is 13.8 Å². The lowest BCUT2D eigenvalue weighted by molar-refractivity contribution is 0.171. The molecule has 1 aliphatic heterocycles. The fourth-order valence-electron chi connectivity index (χ4n) is 3.42. The summed E-state index contributed by atoms with van der Waals surface area (Å²) in [4.78, 5) is 2.29. The van der Waals surface area contributed by atoms with Crippen molar-refractivity contribution < 1.29 is 4.74 Å². The Balaban J connectivity index is 1.79. The van der Waals surface area contributed by atoms with E-state index in [0.29, 0.717) is 13.2 Å². The van der Waals surface area contributed by atoms with Crippen LogP contribution in [0.5, 0.6) is 0 Å². The van der Waals surface area contributed by atoms with Crippen LogP contribution in [-0.2, 0) is 17.9 Å². The van der Waals surface area contributed by atoms with Gasteiger partial charge in [-0.3, -0.25) is 0 Å². The minimum atomic E-state index is 0.241. The Labute approximate surface area is 139 Å². The van der Waals surface area contributed by atoms with Crippen LogP contribution in [0.3, 0.4) is 0 Å². The van der Waals surface area contributed by atoms with Gasteiger partial charge in [0.25, 0.3) is 0 Å². The normalized spacial score (nSPS) is 17.5. The van der Waals surface area contributed by atoms with Gasteiger partial charge in [-0.15, -0.1) is 20.4 Å². The van der Waals surface area contributed by atoms with Crippen LogP contribution in [0.15, 0.2) is 6.33 Å². The highest BCUT2D eigenvalue weighted by molar-refractivity contribution is 5.72. The number of ether oxygens (including phenoxy) is 1. The van der Waals surface area contributed by atoms with Crippen molar-refractivity contribution >= 4 is 11.3 Å². The summed E-state index contributed by atoms with van der Waals surface area (Å²) in [5, 5.41) is 21.4. The van der Waals surface area contributed by atoms with E-state index in [4.69, 9.17) is 4.74 Å². The second-order valence-corrected chi connectivity index (χ2v) is 6.22. The highest BCUT2D eigenvalue weighted by Crippen LogP contribution is 2.32. The summed E-state index contributed by atoms with van der Waals surface area (Å²) >= 11 is 0. The van der Waals surface area contributed by atoms with Crippen LogP contribution in [-0.4, -0.2) is 48.2 Å². The van der Waals surface area contributed by atoms with Crippen LogP contribution in [0.25, 0.3) is 5.65 Å². The Morgan fingerprint density at radius 2 is 2.08 bits per heavy atom. The zero-order valence-electron chi connectivity index (χ0n) is 14.3. The predicted octanol–water partition coefficient (Wildman–Crippen LogP) is 1.06. The van der Waals surface area contributed by atoms with E-state index in [-0.39, 0.29) is 6.04 Å². The molecule has 0 radical (unpaired) electrons. The van der Waals surface area contributed by atoms with Crippen molar-refractivity contribution in [1.82, 2.24) is 34.6 Å². The van der Waals surface area contributed by atoms with Gasteiger partial charge in [-0.25, -0.2) is 0 Å². The van der Waals surface area contributed by atoms with E-state index >= 15 is 0 Å². The van der Waals surface area contributed by atoms with Gasteiger partial charge < -0.3 is 14.2 Å². The Hall–Kier alpha value is -2.55. The van der Waals surface area contributed by atoms with Crippen molar-refractivity contribution in [2.75, 3.05) is 18.6 Å². The molecule has 0 unspecified atom stereocenters. The molecule has 0 amide bonds. The molecule has 3 aromatic rings. The molecule has 0 fully saturated rings. The lowest BCUT2D eigenvalue weighted by atomic mass is 10.1. The maximum absolute atomic E-state index is 5.23. The predicted molar refractivity (Wildman–Crippen MR) is 86.8 cm³/mol. The fourth-order valence-corrected chi connectivity index (χ4v) is 3.42. The molecular formula is C15H20N8O. The Kier molecular flexibility index (Phi) is 3.45. The summed E-state index contributed by atoms with van der Waals surface area (Å²) in [6.45, 7) is 8.24. The van der Waals surface area contributed by atoms with E-state index in [1.165, 1.54) is 0 Å². The molecule has 0 saturated carbocycles. The van der Waals surface area contributed by atoms with Crippen LogP contribution >= 0.6 is 0 Å². The molecule has 3 aromatic heterocycles. The zero-order valence-corrected chi connectivity index (χ0v) is 14.3. The highest BCUT2D eigenvalue weighted by Gasteiger charge is 2.29. The third-order valence-electron chi connectivity index (χ3n) is 4.58. The molecule has 0 bridgehead atoms. The summed E-state index contributed by atoms with van der Waals surface area (Å²) in [7, 11) is 1.67. The van der Waals surface area contributed by atoms with Crippen LogP contribution in [0.1, 0.15) is 35.9 Å². The number of hydrogen-bond donors (Lipinski definition) is 0. The zero-order chi connectivity index (χ0) is 16.8. The lowest BCUT2D eigenvalue weighted by Gasteiger charge is -2.35. The van der Waals surface area contributed by atoms with Gasteiger partial charge in [-0.2, -0.15) is 9.61 Å². The standard InChI is InChI=1S/C15H20N8O/c1-9-5-21(6-12-17-18-13(7-24-4)23(9)12)14-10(2)11(3)20-22-8-16-19-15(14)22/h8-9H,5-7H2,1-4H3/t9-/m0/s1. The number of hydrogen-bond acceptors (Lipinski definition) is 7. The van der Waals surface area contributed by atoms with Gasteiger partial charge >= 0.3 is 0 Å². The monoisotopic (exact) mass is 328 g/mol. The molecule has 4 heterocycles. The smallest absolute Gasteiger partial charge is 0.201 e. The summed E-state index contributed by atoms with van der Waals surface area (Å²) in [6.07, 6.45) is 1.64. The Morgan fingerprint density at radius 3 is 2.88 bits per heavy atom. The quantitative estimate of drug-likeness (QED) is 0.710. The van der Waals surface area contributed by atoms with Crippen molar-refractivity contribution in [2.45, 2.75) is 40.0 Å². The molecule has 1 aliphatic rings. The molecule has 0 aromatic carbocycles. The first-order chi connectivity index (χ1) is 11.6. The van der Waals surface area contributed by atoms with Gasteiger partial charge in [0.2, 0.25) is 5.65 Å². The maximum Gasteiger partial charge on any atom is 0.201 e. The minimum absolute atomic E-state index is 0.241. The summed E-state index contributed by atoms with van der Waals surface area (Å²) in [5.74, 6) is 1.81. The summed E-state index contributed by atoms with van der Waals surface area (Å²) in [6, 6.07) is 0.241. The first kappa shape index (κ1) is 15.0. The second kappa shape index (κ2) is 5.52. The van der Waals surface area contributed by atoms with Crippen molar-refractivity contribution in [3.8, 4) is 0 Å². The molecule has 9 heteroatoms. The molecule has 0 saturated heterocycles. The third-order valence-corrected chi connectivity index (χ3v) is 4.58. The summed E-state index contributed by atoms with van der Waals surface area (Å²) < 4.78 is 9.13. The van der Waals surface area contributed by atoms with Crippen LogP contribution in [0.2, 0.25) is 0 Å². The van der Waals surface area contributed by atoms with Crippen LogP contribution in [0.4, 0.5) is 5.69 Å². The molecule has 1 atom stereocenters. The first-order valence-corrected chi connectivity index (χ1v) is 7.94. The van der Waals surface area contributed by atoms with Crippen LogP contribution < -0.4 is 4.90 Å². The Morgan fingerprint density at radius 1 is 1.25 bits per heavy atom. The highest BCUT2D eigenvalue weighted by atomic mass is 16.5. The van der Waals surface area contributed by atoms with Gasteiger partial charge in [-0.05, 0) is 26.3 Å². The van der Waals surface area contributed by atoms with Crippen molar-refractivity contribution in [1.29, 1.82) is 0 Å². The van der Waals surface area contributed by atoms with Gasteiger partial charge in [0, 0.05) is 13.7 Å². The molecule has 9 nitrogen and oxygen atoms in total. The Bertz CT molecular complexity index is 898. The second-order valence-electron chi connectivity index (χ2n) is 6.22. The number of nitrogens with zero attached hydrogens (tertiary/aromatic N) is 8. The minimum Gasteiger partial charge on any atom is -0.377 e. The van der Waals surface area contributed by atoms with E-state index in [0.717, 1.165) is 40.8 Å². The largest absolute Gasteiger partial charge is 0.377 e. The fraction of sp³-hybridized carbons (Fsp3) is 0.533. The lowest BCUT2D eigenvalue weighted by Crippen LogP contribution is -2.38. The van der Waals surface area contributed by atoms with Crippen molar-refractivity contribution in [3.05, 3.63) is 29.2 Å². The molecule has 0 N–H and O–H groups in total. The van der Waals surface area contributed by atoms with Gasteiger partial charge in [-0.1, -0.05) is 0 Å². The molecule has 24 heavy (non-hydrogen) atoms. The van der Waals surface area contributed by atoms with Crippen molar-refractivity contribution in [3.63, 3.8) is 0 Å². The molecule has 0 spiro atoms. The van der Waals surface area contributed by atoms with Gasteiger partial charge in [0.1, 0.15) is 12.9 Å².